The minimum atomic E-state index is -0.334. The van der Waals surface area contributed by atoms with Crippen molar-refractivity contribution >= 4 is 17.7 Å². The Morgan fingerprint density at radius 2 is 2.18 bits per heavy atom. The molecule has 1 rings (SSSR count). The highest BCUT2D eigenvalue weighted by molar-refractivity contribution is 5.87. The van der Waals surface area contributed by atoms with Gasteiger partial charge < -0.3 is 10.5 Å². The SMILES string of the molecule is CCOC(=O)/C=C/c1ccc(C(C)C)c(N)c1. The van der Waals surface area contributed by atoms with E-state index in [1.165, 1.54) is 6.08 Å². The fourth-order valence-electron chi connectivity index (χ4n) is 1.58. The molecule has 0 aliphatic heterocycles. The second-order valence-corrected chi connectivity index (χ2v) is 4.13. The Hall–Kier alpha value is -1.77. The van der Waals surface area contributed by atoms with E-state index in [4.69, 9.17) is 10.5 Å². The normalized spacial score (nSPS) is 11.1. The van der Waals surface area contributed by atoms with Crippen molar-refractivity contribution in [1.29, 1.82) is 0 Å². The maximum atomic E-state index is 11.1. The highest BCUT2D eigenvalue weighted by atomic mass is 16.5. The van der Waals surface area contributed by atoms with Crippen molar-refractivity contribution in [2.75, 3.05) is 12.3 Å². The number of carbonyl (C=O) groups excluding carboxylic acids is 1. The zero-order valence-corrected chi connectivity index (χ0v) is 10.6. The van der Waals surface area contributed by atoms with E-state index in [-0.39, 0.29) is 5.97 Å². The molecule has 3 heteroatoms. The summed E-state index contributed by atoms with van der Waals surface area (Å²) in [6.07, 6.45) is 3.12. The van der Waals surface area contributed by atoms with Crippen LogP contribution in [0.3, 0.4) is 0 Å². The number of esters is 1. The minimum absolute atomic E-state index is 0.334. The van der Waals surface area contributed by atoms with Gasteiger partial charge in [-0.15, -0.1) is 0 Å². The van der Waals surface area contributed by atoms with E-state index in [9.17, 15) is 4.79 Å². The Morgan fingerprint density at radius 1 is 1.47 bits per heavy atom. The van der Waals surface area contributed by atoms with Gasteiger partial charge in [0, 0.05) is 11.8 Å². The molecule has 0 atom stereocenters. The first-order valence-electron chi connectivity index (χ1n) is 5.78. The van der Waals surface area contributed by atoms with Crippen LogP contribution in [0.4, 0.5) is 5.69 Å². The smallest absolute Gasteiger partial charge is 0.330 e. The lowest BCUT2D eigenvalue weighted by Gasteiger charge is -2.09. The van der Waals surface area contributed by atoms with Gasteiger partial charge in [-0.25, -0.2) is 4.79 Å². The number of carbonyl (C=O) groups is 1. The van der Waals surface area contributed by atoms with Crippen molar-refractivity contribution in [2.45, 2.75) is 26.7 Å². The largest absolute Gasteiger partial charge is 0.463 e. The van der Waals surface area contributed by atoms with E-state index in [0.717, 1.165) is 16.8 Å². The Bertz CT molecular complexity index is 422. The Labute approximate surface area is 102 Å². The lowest BCUT2D eigenvalue weighted by Crippen LogP contribution is -1.99. The molecule has 0 bridgehead atoms. The Kier molecular flexibility index (Phi) is 4.76. The first kappa shape index (κ1) is 13.3. The van der Waals surface area contributed by atoms with Crippen LogP contribution in [-0.2, 0) is 9.53 Å². The number of anilines is 1. The van der Waals surface area contributed by atoms with Crippen LogP contribution >= 0.6 is 0 Å². The summed E-state index contributed by atoms with van der Waals surface area (Å²) in [5.41, 5.74) is 8.72. The third-order valence-electron chi connectivity index (χ3n) is 2.43. The van der Waals surface area contributed by atoms with E-state index >= 15 is 0 Å². The molecule has 2 N–H and O–H groups in total. The van der Waals surface area contributed by atoms with Crippen LogP contribution in [0.1, 0.15) is 37.8 Å². The summed E-state index contributed by atoms with van der Waals surface area (Å²) in [4.78, 5) is 11.1. The van der Waals surface area contributed by atoms with Crippen molar-refractivity contribution in [3.63, 3.8) is 0 Å². The van der Waals surface area contributed by atoms with Gasteiger partial charge in [0.15, 0.2) is 0 Å². The van der Waals surface area contributed by atoms with Gasteiger partial charge in [-0.05, 0) is 36.1 Å². The molecule has 3 nitrogen and oxygen atoms in total. The average Bonchev–Trinajstić information content (AvgIpc) is 2.26. The van der Waals surface area contributed by atoms with Gasteiger partial charge in [0.25, 0.3) is 0 Å². The second-order valence-electron chi connectivity index (χ2n) is 4.13. The molecule has 0 radical (unpaired) electrons. The fourth-order valence-corrected chi connectivity index (χ4v) is 1.58. The number of rotatable bonds is 4. The lowest BCUT2D eigenvalue weighted by molar-refractivity contribution is -0.137. The van der Waals surface area contributed by atoms with Crippen LogP contribution in [0.15, 0.2) is 24.3 Å². The van der Waals surface area contributed by atoms with E-state index < -0.39 is 0 Å². The minimum Gasteiger partial charge on any atom is -0.463 e. The van der Waals surface area contributed by atoms with Crippen molar-refractivity contribution in [3.05, 3.63) is 35.4 Å². The molecule has 0 amide bonds. The van der Waals surface area contributed by atoms with Crippen LogP contribution in [0.25, 0.3) is 6.08 Å². The molecule has 0 saturated heterocycles. The van der Waals surface area contributed by atoms with Gasteiger partial charge in [-0.3, -0.25) is 0 Å². The van der Waals surface area contributed by atoms with Crippen LogP contribution in [0.2, 0.25) is 0 Å². The van der Waals surface area contributed by atoms with Crippen LogP contribution in [-0.4, -0.2) is 12.6 Å². The molecule has 0 aliphatic carbocycles. The maximum Gasteiger partial charge on any atom is 0.330 e. The molecule has 17 heavy (non-hydrogen) atoms. The van der Waals surface area contributed by atoms with Gasteiger partial charge in [0.2, 0.25) is 0 Å². The summed E-state index contributed by atoms with van der Waals surface area (Å²) in [5.74, 6) is 0.0668. The summed E-state index contributed by atoms with van der Waals surface area (Å²) in [7, 11) is 0. The third kappa shape index (κ3) is 3.94. The van der Waals surface area contributed by atoms with Crippen molar-refractivity contribution in [2.24, 2.45) is 0 Å². The third-order valence-corrected chi connectivity index (χ3v) is 2.43. The first-order chi connectivity index (χ1) is 8.04. The molecule has 0 unspecified atom stereocenters. The van der Waals surface area contributed by atoms with E-state index in [1.54, 1.807) is 13.0 Å². The second kappa shape index (κ2) is 6.09. The summed E-state index contributed by atoms with van der Waals surface area (Å²) >= 11 is 0. The molecule has 0 heterocycles. The number of hydrogen-bond donors (Lipinski definition) is 1. The zero-order valence-electron chi connectivity index (χ0n) is 10.6. The van der Waals surface area contributed by atoms with Gasteiger partial charge in [-0.1, -0.05) is 26.0 Å². The Balaban J connectivity index is 2.80. The highest BCUT2D eigenvalue weighted by Gasteiger charge is 2.03. The molecule has 1 aromatic carbocycles. The van der Waals surface area contributed by atoms with Gasteiger partial charge in [0.1, 0.15) is 0 Å². The monoisotopic (exact) mass is 233 g/mol. The maximum absolute atomic E-state index is 11.1. The van der Waals surface area contributed by atoms with Crippen molar-refractivity contribution < 1.29 is 9.53 Å². The summed E-state index contributed by atoms with van der Waals surface area (Å²) in [6.45, 7) is 6.36. The standard InChI is InChI=1S/C14H19NO2/c1-4-17-14(16)8-6-11-5-7-12(10(2)3)13(15)9-11/h5-10H,4,15H2,1-3H3/b8-6+. The predicted octanol–water partition coefficient (Wildman–Crippen LogP) is 2.97. The van der Waals surface area contributed by atoms with Crippen molar-refractivity contribution in [1.82, 2.24) is 0 Å². The fraction of sp³-hybridized carbons (Fsp3) is 0.357. The predicted molar refractivity (Wildman–Crippen MR) is 70.6 cm³/mol. The van der Waals surface area contributed by atoms with E-state index in [0.29, 0.717) is 12.5 Å². The van der Waals surface area contributed by atoms with Gasteiger partial charge in [-0.2, -0.15) is 0 Å². The van der Waals surface area contributed by atoms with Crippen LogP contribution < -0.4 is 5.73 Å². The van der Waals surface area contributed by atoms with Crippen molar-refractivity contribution in [3.8, 4) is 0 Å². The zero-order chi connectivity index (χ0) is 12.8. The number of nitrogens with two attached hydrogens (primary N) is 1. The van der Waals surface area contributed by atoms with E-state index in [2.05, 4.69) is 13.8 Å². The molecule has 92 valence electrons. The molecule has 0 spiro atoms. The lowest BCUT2D eigenvalue weighted by atomic mass is 9.99. The molecule has 0 aromatic heterocycles. The summed E-state index contributed by atoms with van der Waals surface area (Å²) in [5, 5.41) is 0. The number of hydrogen-bond acceptors (Lipinski definition) is 3. The average molecular weight is 233 g/mol. The molecule has 0 saturated carbocycles. The molecular formula is C14H19NO2. The van der Waals surface area contributed by atoms with Crippen LogP contribution in [0.5, 0.6) is 0 Å². The molecule has 1 aromatic rings. The van der Waals surface area contributed by atoms with Crippen LogP contribution in [0, 0.1) is 0 Å². The summed E-state index contributed by atoms with van der Waals surface area (Å²) in [6, 6.07) is 5.80. The van der Waals surface area contributed by atoms with Gasteiger partial charge >= 0.3 is 5.97 Å². The number of ether oxygens (including phenoxy) is 1. The number of benzene rings is 1. The Morgan fingerprint density at radius 3 is 2.71 bits per heavy atom. The molecule has 0 fully saturated rings. The molecule has 0 aliphatic rings. The summed E-state index contributed by atoms with van der Waals surface area (Å²) < 4.78 is 4.80. The van der Waals surface area contributed by atoms with E-state index in [1.807, 2.05) is 18.2 Å². The molecular weight excluding hydrogens is 214 g/mol. The highest BCUT2D eigenvalue weighted by Crippen LogP contribution is 2.23. The first-order valence-corrected chi connectivity index (χ1v) is 5.78. The number of nitrogen functional groups attached to an aromatic ring is 1. The topological polar surface area (TPSA) is 52.3 Å². The van der Waals surface area contributed by atoms with Gasteiger partial charge in [0.05, 0.1) is 6.61 Å². The quantitative estimate of drug-likeness (QED) is 0.494.